The zero-order chi connectivity index (χ0) is 16.8. The van der Waals surface area contributed by atoms with Gasteiger partial charge in [-0.15, -0.1) is 0 Å². The van der Waals surface area contributed by atoms with Crippen LogP contribution in [0.4, 0.5) is 4.39 Å². The predicted molar refractivity (Wildman–Crippen MR) is 86.8 cm³/mol. The van der Waals surface area contributed by atoms with Crippen molar-refractivity contribution < 1.29 is 14.0 Å². The summed E-state index contributed by atoms with van der Waals surface area (Å²) >= 11 is 5.96. The quantitative estimate of drug-likeness (QED) is 0.878. The largest absolute Gasteiger partial charge is 0.355 e. The van der Waals surface area contributed by atoms with Crippen LogP contribution in [0.1, 0.15) is 12.5 Å². The number of carbonyl (C=O) groups is 2. The van der Waals surface area contributed by atoms with Crippen molar-refractivity contribution in [1.82, 2.24) is 15.1 Å². The first-order valence-corrected chi connectivity index (χ1v) is 8.08. The van der Waals surface area contributed by atoms with Crippen LogP contribution >= 0.6 is 11.6 Å². The number of likely N-dealkylation sites (N-methyl/N-ethyl adjacent to an activating group) is 1. The summed E-state index contributed by atoms with van der Waals surface area (Å²) in [5, 5.41) is 3.03. The average Bonchev–Trinajstić information content (AvgIpc) is 2.52. The van der Waals surface area contributed by atoms with Crippen molar-refractivity contribution in [2.24, 2.45) is 0 Å². The van der Waals surface area contributed by atoms with Gasteiger partial charge in [0.05, 0.1) is 13.0 Å². The molecule has 0 bridgehead atoms. The maximum Gasteiger partial charge on any atom is 0.234 e. The highest BCUT2D eigenvalue weighted by Crippen LogP contribution is 2.20. The zero-order valence-electron chi connectivity index (χ0n) is 13.1. The highest BCUT2D eigenvalue weighted by atomic mass is 35.5. The summed E-state index contributed by atoms with van der Waals surface area (Å²) in [5.74, 6) is -0.610. The number of hydrogen-bond acceptors (Lipinski definition) is 3. The maximum absolute atomic E-state index is 13.7. The molecule has 1 aromatic carbocycles. The zero-order valence-corrected chi connectivity index (χ0v) is 13.9. The maximum atomic E-state index is 13.7. The molecule has 0 atom stereocenters. The number of halogens is 2. The Labute approximate surface area is 140 Å². The lowest BCUT2D eigenvalue weighted by Gasteiger charge is -2.34. The number of carbonyl (C=O) groups excluding carboxylic acids is 2. The van der Waals surface area contributed by atoms with Crippen molar-refractivity contribution in [2.45, 2.75) is 13.3 Å². The molecule has 126 valence electrons. The fourth-order valence-electron chi connectivity index (χ4n) is 2.58. The van der Waals surface area contributed by atoms with Crippen molar-refractivity contribution >= 4 is 23.4 Å². The first-order chi connectivity index (χ1) is 11.0. The molecule has 1 saturated heterocycles. The molecule has 0 aliphatic carbocycles. The van der Waals surface area contributed by atoms with Crippen molar-refractivity contribution in [3.8, 4) is 0 Å². The molecule has 7 heteroatoms. The summed E-state index contributed by atoms with van der Waals surface area (Å²) in [4.78, 5) is 27.6. The van der Waals surface area contributed by atoms with Crippen molar-refractivity contribution in [1.29, 1.82) is 0 Å². The van der Waals surface area contributed by atoms with Crippen LogP contribution in [0.15, 0.2) is 18.2 Å². The van der Waals surface area contributed by atoms with Crippen LogP contribution in [0.25, 0.3) is 0 Å². The second-order valence-electron chi connectivity index (χ2n) is 5.49. The van der Waals surface area contributed by atoms with E-state index in [1.54, 1.807) is 11.0 Å². The van der Waals surface area contributed by atoms with E-state index in [-0.39, 0.29) is 28.8 Å². The summed E-state index contributed by atoms with van der Waals surface area (Å²) in [5.41, 5.74) is 0.240. The van der Waals surface area contributed by atoms with Crippen LogP contribution in [0.3, 0.4) is 0 Å². The third-order valence-corrected chi connectivity index (χ3v) is 4.21. The molecule has 5 nitrogen and oxygen atoms in total. The van der Waals surface area contributed by atoms with Gasteiger partial charge in [-0.05, 0) is 19.1 Å². The van der Waals surface area contributed by atoms with Crippen LogP contribution in [-0.4, -0.2) is 60.9 Å². The third-order valence-electron chi connectivity index (χ3n) is 3.86. The van der Waals surface area contributed by atoms with Crippen LogP contribution in [-0.2, 0) is 16.0 Å². The Bertz CT molecular complexity index is 554. The van der Waals surface area contributed by atoms with Gasteiger partial charge in [-0.2, -0.15) is 0 Å². The molecule has 0 radical (unpaired) electrons. The smallest absolute Gasteiger partial charge is 0.234 e. The molecule has 1 aliphatic heterocycles. The van der Waals surface area contributed by atoms with E-state index in [1.165, 1.54) is 12.1 Å². The molecule has 1 aliphatic rings. The molecule has 0 spiro atoms. The second kappa shape index (κ2) is 8.26. The monoisotopic (exact) mass is 341 g/mol. The Morgan fingerprint density at radius 1 is 1.26 bits per heavy atom. The Hall–Kier alpha value is -1.66. The Morgan fingerprint density at radius 3 is 2.57 bits per heavy atom. The molecule has 1 N–H and O–H groups in total. The Morgan fingerprint density at radius 2 is 1.96 bits per heavy atom. The van der Waals surface area contributed by atoms with Crippen LogP contribution in [0.2, 0.25) is 5.02 Å². The first kappa shape index (κ1) is 17.7. The van der Waals surface area contributed by atoms with Gasteiger partial charge in [-0.25, -0.2) is 4.39 Å². The van der Waals surface area contributed by atoms with Gasteiger partial charge < -0.3 is 10.2 Å². The SMILES string of the molecule is CCNC(=O)CN1CCN(C(=O)Cc2c(F)cccc2Cl)CC1. The number of piperazine rings is 1. The number of amides is 2. The molecule has 2 rings (SSSR count). The number of nitrogens with zero attached hydrogens (tertiary/aromatic N) is 2. The normalized spacial score (nSPS) is 15.5. The molecule has 0 unspecified atom stereocenters. The lowest BCUT2D eigenvalue weighted by atomic mass is 10.1. The standard InChI is InChI=1S/C16H21ClFN3O2/c1-2-19-15(22)11-20-6-8-21(9-7-20)16(23)10-12-13(17)4-3-5-14(12)18/h3-5H,2,6-11H2,1H3,(H,19,22). The molecule has 2 amide bonds. The van der Waals surface area contributed by atoms with E-state index in [2.05, 4.69) is 5.32 Å². The lowest BCUT2D eigenvalue weighted by Crippen LogP contribution is -2.51. The number of benzene rings is 1. The molecule has 0 aromatic heterocycles. The molecule has 1 heterocycles. The minimum atomic E-state index is -0.458. The van der Waals surface area contributed by atoms with E-state index >= 15 is 0 Å². The highest BCUT2D eigenvalue weighted by Gasteiger charge is 2.23. The van der Waals surface area contributed by atoms with E-state index < -0.39 is 5.82 Å². The van der Waals surface area contributed by atoms with E-state index in [4.69, 9.17) is 11.6 Å². The minimum absolute atomic E-state index is 0.00888. The van der Waals surface area contributed by atoms with Gasteiger partial charge in [0.1, 0.15) is 5.82 Å². The van der Waals surface area contributed by atoms with Crippen LogP contribution in [0.5, 0.6) is 0 Å². The fraction of sp³-hybridized carbons (Fsp3) is 0.500. The van der Waals surface area contributed by atoms with Gasteiger partial charge >= 0.3 is 0 Å². The van der Waals surface area contributed by atoms with Gasteiger partial charge in [0.15, 0.2) is 0 Å². The summed E-state index contributed by atoms with van der Waals surface area (Å²) in [6.07, 6.45) is -0.0399. The topological polar surface area (TPSA) is 52.7 Å². The molecule has 23 heavy (non-hydrogen) atoms. The Balaban J connectivity index is 1.85. The average molecular weight is 342 g/mol. The second-order valence-corrected chi connectivity index (χ2v) is 5.89. The predicted octanol–water partition coefficient (Wildman–Crippen LogP) is 1.30. The lowest BCUT2D eigenvalue weighted by molar-refractivity contribution is -0.132. The minimum Gasteiger partial charge on any atom is -0.355 e. The van der Waals surface area contributed by atoms with Gasteiger partial charge in [0.2, 0.25) is 11.8 Å². The summed E-state index contributed by atoms with van der Waals surface area (Å²) in [7, 11) is 0. The van der Waals surface area contributed by atoms with Crippen molar-refractivity contribution in [3.63, 3.8) is 0 Å². The van der Waals surface area contributed by atoms with Crippen LogP contribution in [0, 0.1) is 5.82 Å². The van der Waals surface area contributed by atoms with E-state index in [0.717, 1.165) is 0 Å². The van der Waals surface area contributed by atoms with Gasteiger partial charge in [-0.3, -0.25) is 14.5 Å². The number of rotatable bonds is 5. The van der Waals surface area contributed by atoms with Gasteiger partial charge in [0.25, 0.3) is 0 Å². The number of nitrogens with one attached hydrogen (secondary N) is 1. The number of hydrogen-bond donors (Lipinski definition) is 1. The van der Waals surface area contributed by atoms with Crippen LogP contribution < -0.4 is 5.32 Å². The highest BCUT2D eigenvalue weighted by molar-refractivity contribution is 6.31. The molecule has 1 fully saturated rings. The van der Waals surface area contributed by atoms with Crippen molar-refractivity contribution in [3.05, 3.63) is 34.6 Å². The van der Waals surface area contributed by atoms with Crippen molar-refractivity contribution in [2.75, 3.05) is 39.3 Å². The van der Waals surface area contributed by atoms with E-state index in [9.17, 15) is 14.0 Å². The molecular weight excluding hydrogens is 321 g/mol. The van der Waals surface area contributed by atoms with E-state index in [0.29, 0.717) is 39.3 Å². The fourth-order valence-corrected chi connectivity index (χ4v) is 2.81. The third kappa shape index (κ3) is 4.91. The van der Waals surface area contributed by atoms with Gasteiger partial charge in [0, 0.05) is 43.3 Å². The summed E-state index contributed by atoms with van der Waals surface area (Å²) in [6.45, 7) is 5.16. The summed E-state index contributed by atoms with van der Waals surface area (Å²) in [6, 6.07) is 4.40. The summed E-state index contributed by atoms with van der Waals surface area (Å²) < 4.78 is 13.7. The van der Waals surface area contributed by atoms with Gasteiger partial charge in [-0.1, -0.05) is 17.7 Å². The molecule has 1 aromatic rings. The molecular formula is C16H21ClFN3O2. The van der Waals surface area contributed by atoms with E-state index in [1.807, 2.05) is 11.8 Å². The molecule has 0 saturated carbocycles. The Kier molecular flexibility index (Phi) is 6.36. The first-order valence-electron chi connectivity index (χ1n) is 7.71.